The standard InChI is InChI=1S/C16H32N4/c1-6-18-16(13-17)10-8-9-15(11-16)20(7-2)14(3)12-19(4)5/h14-15,18H,6-12H2,1-5H3. The van der Waals surface area contributed by atoms with Crippen LogP contribution in [-0.2, 0) is 0 Å². The summed E-state index contributed by atoms with van der Waals surface area (Å²) in [7, 11) is 4.26. The van der Waals surface area contributed by atoms with Crippen LogP contribution in [0.2, 0.25) is 0 Å². The van der Waals surface area contributed by atoms with Gasteiger partial charge in [0.15, 0.2) is 0 Å². The number of hydrogen-bond acceptors (Lipinski definition) is 4. The molecule has 0 bridgehead atoms. The van der Waals surface area contributed by atoms with Crippen LogP contribution in [0, 0.1) is 11.3 Å². The topological polar surface area (TPSA) is 42.3 Å². The quantitative estimate of drug-likeness (QED) is 0.775. The van der Waals surface area contributed by atoms with Gasteiger partial charge >= 0.3 is 0 Å². The third-order valence-electron chi connectivity index (χ3n) is 4.48. The maximum atomic E-state index is 9.59. The second kappa shape index (κ2) is 7.97. The Hall–Kier alpha value is -0.630. The molecule has 0 aromatic rings. The molecule has 1 rings (SSSR count). The molecule has 0 aromatic heterocycles. The lowest BCUT2D eigenvalue weighted by Crippen LogP contribution is -2.55. The third kappa shape index (κ3) is 4.44. The van der Waals surface area contributed by atoms with Crippen LogP contribution in [-0.4, -0.2) is 61.2 Å². The molecule has 0 spiro atoms. The van der Waals surface area contributed by atoms with Crippen molar-refractivity contribution in [1.29, 1.82) is 5.26 Å². The lowest BCUT2D eigenvalue weighted by molar-refractivity contribution is 0.0791. The molecular formula is C16H32N4. The van der Waals surface area contributed by atoms with Crippen molar-refractivity contribution in [3.05, 3.63) is 0 Å². The molecule has 0 radical (unpaired) electrons. The molecule has 0 aromatic carbocycles. The number of hydrogen-bond donors (Lipinski definition) is 1. The van der Waals surface area contributed by atoms with Crippen LogP contribution >= 0.6 is 0 Å². The minimum Gasteiger partial charge on any atom is -0.308 e. The first-order chi connectivity index (χ1) is 9.48. The van der Waals surface area contributed by atoms with Gasteiger partial charge in [-0.05, 0) is 59.8 Å². The number of likely N-dealkylation sites (N-methyl/N-ethyl adjacent to an activating group) is 2. The molecule has 4 heteroatoms. The zero-order valence-electron chi connectivity index (χ0n) is 13.9. The summed E-state index contributed by atoms with van der Waals surface area (Å²) >= 11 is 0. The Kier molecular flexibility index (Phi) is 6.94. The van der Waals surface area contributed by atoms with Gasteiger partial charge in [0.2, 0.25) is 0 Å². The zero-order valence-corrected chi connectivity index (χ0v) is 13.9. The summed E-state index contributed by atoms with van der Waals surface area (Å²) in [5.41, 5.74) is -0.303. The zero-order chi connectivity index (χ0) is 15.2. The van der Waals surface area contributed by atoms with Crippen molar-refractivity contribution in [2.24, 2.45) is 0 Å². The number of nitrogens with zero attached hydrogens (tertiary/aromatic N) is 3. The molecule has 0 aliphatic heterocycles. The van der Waals surface area contributed by atoms with Crippen LogP contribution in [0.4, 0.5) is 0 Å². The molecule has 0 heterocycles. The number of nitrogens with one attached hydrogen (secondary N) is 1. The van der Waals surface area contributed by atoms with Crippen molar-refractivity contribution >= 4 is 0 Å². The van der Waals surface area contributed by atoms with Gasteiger partial charge in [0.05, 0.1) is 6.07 Å². The Morgan fingerprint density at radius 2 is 2.10 bits per heavy atom. The third-order valence-corrected chi connectivity index (χ3v) is 4.48. The fraction of sp³-hybridized carbons (Fsp3) is 0.938. The van der Waals surface area contributed by atoms with E-state index in [4.69, 9.17) is 0 Å². The SMILES string of the molecule is CCNC1(C#N)CCCC(N(CC)C(C)CN(C)C)C1. The monoisotopic (exact) mass is 280 g/mol. The van der Waals surface area contributed by atoms with Crippen LogP contribution < -0.4 is 5.32 Å². The lowest BCUT2D eigenvalue weighted by Gasteiger charge is -2.44. The van der Waals surface area contributed by atoms with Crippen molar-refractivity contribution < 1.29 is 0 Å². The van der Waals surface area contributed by atoms with E-state index in [0.717, 1.165) is 38.9 Å². The first-order valence-electron chi connectivity index (χ1n) is 8.04. The Morgan fingerprint density at radius 1 is 1.40 bits per heavy atom. The molecule has 1 saturated carbocycles. The van der Waals surface area contributed by atoms with Gasteiger partial charge in [-0.15, -0.1) is 0 Å². The van der Waals surface area contributed by atoms with Gasteiger partial charge in [-0.1, -0.05) is 13.8 Å². The molecule has 3 unspecified atom stereocenters. The highest BCUT2D eigenvalue weighted by Crippen LogP contribution is 2.31. The van der Waals surface area contributed by atoms with E-state index in [-0.39, 0.29) is 5.54 Å². The predicted molar refractivity (Wildman–Crippen MR) is 84.7 cm³/mol. The maximum Gasteiger partial charge on any atom is 0.108 e. The average molecular weight is 280 g/mol. The molecule has 20 heavy (non-hydrogen) atoms. The van der Waals surface area contributed by atoms with Gasteiger partial charge in [0, 0.05) is 18.6 Å². The Morgan fingerprint density at radius 3 is 2.60 bits per heavy atom. The summed E-state index contributed by atoms with van der Waals surface area (Å²) in [6.45, 7) is 9.65. The van der Waals surface area contributed by atoms with Crippen LogP contribution in [0.15, 0.2) is 0 Å². The fourth-order valence-electron chi connectivity index (χ4n) is 3.73. The molecule has 4 nitrogen and oxygen atoms in total. The van der Waals surface area contributed by atoms with E-state index in [2.05, 4.69) is 56.1 Å². The Bertz CT molecular complexity index is 319. The highest BCUT2D eigenvalue weighted by Gasteiger charge is 2.38. The first kappa shape index (κ1) is 17.4. The van der Waals surface area contributed by atoms with E-state index >= 15 is 0 Å². The summed E-state index contributed by atoms with van der Waals surface area (Å²) in [6.07, 6.45) is 4.33. The van der Waals surface area contributed by atoms with E-state index in [9.17, 15) is 5.26 Å². The second-order valence-corrected chi connectivity index (χ2v) is 6.42. The molecule has 116 valence electrons. The van der Waals surface area contributed by atoms with Gasteiger partial charge in [-0.25, -0.2) is 0 Å². The largest absolute Gasteiger partial charge is 0.308 e. The molecule has 3 atom stereocenters. The van der Waals surface area contributed by atoms with E-state index in [0.29, 0.717) is 12.1 Å². The molecule has 1 fully saturated rings. The molecule has 1 N–H and O–H groups in total. The van der Waals surface area contributed by atoms with Gasteiger partial charge < -0.3 is 4.90 Å². The summed E-state index contributed by atoms with van der Waals surface area (Å²) in [5, 5.41) is 13.0. The summed E-state index contributed by atoms with van der Waals surface area (Å²) in [6, 6.07) is 3.63. The molecule has 0 saturated heterocycles. The Balaban J connectivity index is 2.75. The highest BCUT2D eigenvalue weighted by atomic mass is 15.2. The molecule has 1 aliphatic rings. The van der Waals surface area contributed by atoms with Gasteiger partial charge in [0.25, 0.3) is 0 Å². The lowest BCUT2D eigenvalue weighted by atomic mass is 9.79. The highest BCUT2D eigenvalue weighted by molar-refractivity contribution is 5.11. The molecular weight excluding hydrogens is 248 g/mol. The van der Waals surface area contributed by atoms with Crippen molar-refractivity contribution in [1.82, 2.24) is 15.1 Å². The maximum absolute atomic E-state index is 9.59. The smallest absolute Gasteiger partial charge is 0.108 e. The summed E-state index contributed by atoms with van der Waals surface area (Å²) < 4.78 is 0. The number of rotatable bonds is 7. The van der Waals surface area contributed by atoms with E-state index in [1.807, 2.05) is 0 Å². The van der Waals surface area contributed by atoms with Gasteiger partial charge in [0.1, 0.15) is 5.54 Å². The fourth-order valence-corrected chi connectivity index (χ4v) is 3.73. The van der Waals surface area contributed by atoms with Gasteiger partial charge in [-0.2, -0.15) is 5.26 Å². The summed E-state index contributed by atoms with van der Waals surface area (Å²) in [4.78, 5) is 4.83. The number of nitriles is 1. The molecule has 1 aliphatic carbocycles. The minimum absolute atomic E-state index is 0.303. The predicted octanol–water partition coefficient (Wildman–Crippen LogP) is 2.07. The minimum atomic E-state index is -0.303. The average Bonchev–Trinajstić information content (AvgIpc) is 2.39. The van der Waals surface area contributed by atoms with Crippen LogP contribution in [0.1, 0.15) is 46.5 Å². The van der Waals surface area contributed by atoms with Crippen LogP contribution in [0.25, 0.3) is 0 Å². The first-order valence-corrected chi connectivity index (χ1v) is 8.04. The normalized spacial score (nSPS) is 28.6. The van der Waals surface area contributed by atoms with Crippen LogP contribution in [0.5, 0.6) is 0 Å². The van der Waals surface area contributed by atoms with E-state index in [1.165, 1.54) is 6.42 Å². The van der Waals surface area contributed by atoms with Crippen LogP contribution in [0.3, 0.4) is 0 Å². The van der Waals surface area contributed by atoms with E-state index < -0.39 is 0 Å². The van der Waals surface area contributed by atoms with Crippen molar-refractivity contribution in [3.8, 4) is 6.07 Å². The molecule has 0 amide bonds. The van der Waals surface area contributed by atoms with Crippen molar-refractivity contribution in [2.45, 2.75) is 64.1 Å². The second-order valence-electron chi connectivity index (χ2n) is 6.42. The van der Waals surface area contributed by atoms with Crippen molar-refractivity contribution in [2.75, 3.05) is 33.7 Å². The Labute approximate surface area is 125 Å². The van der Waals surface area contributed by atoms with E-state index in [1.54, 1.807) is 0 Å². The van der Waals surface area contributed by atoms with Gasteiger partial charge in [-0.3, -0.25) is 10.2 Å². The van der Waals surface area contributed by atoms with Crippen molar-refractivity contribution in [3.63, 3.8) is 0 Å². The summed E-state index contributed by atoms with van der Waals surface area (Å²) in [5.74, 6) is 0.